The third-order valence-electron chi connectivity index (χ3n) is 5.97. The Morgan fingerprint density at radius 3 is 2.68 bits per heavy atom. The van der Waals surface area contributed by atoms with Crippen LogP contribution in [-0.4, -0.2) is 36.7 Å². The summed E-state index contributed by atoms with van der Waals surface area (Å²) in [5.74, 6) is 1.44. The summed E-state index contributed by atoms with van der Waals surface area (Å²) in [6, 6.07) is 0.398. The standard InChI is InChI=1S/C20H29N7O3S/c1-13(28)23-20(10-4-2-3-5-11-20)18-22-17(30-26-18)9-8-16(29)21-12-15-24-25-19(31)27(15)14-6-7-14/h14H,2-12H2,1H3,(H,21,29)(H,23,28)(H,25,31). The van der Waals surface area contributed by atoms with E-state index in [1.165, 1.54) is 6.92 Å². The number of nitrogens with one attached hydrogen (secondary N) is 3. The number of aryl methyl sites for hydroxylation is 1. The van der Waals surface area contributed by atoms with Gasteiger partial charge in [-0.25, -0.2) is 0 Å². The second-order valence-electron chi connectivity index (χ2n) is 8.51. The molecule has 2 saturated carbocycles. The van der Waals surface area contributed by atoms with Gasteiger partial charge in [0.25, 0.3) is 0 Å². The van der Waals surface area contributed by atoms with E-state index in [9.17, 15) is 9.59 Å². The van der Waals surface area contributed by atoms with Gasteiger partial charge in [-0.1, -0.05) is 30.8 Å². The van der Waals surface area contributed by atoms with Crippen molar-refractivity contribution in [1.29, 1.82) is 0 Å². The number of H-pyrrole nitrogens is 1. The van der Waals surface area contributed by atoms with Crippen LogP contribution in [0.25, 0.3) is 0 Å². The minimum Gasteiger partial charge on any atom is -0.349 e. The molecule has 10 nitrogen and oxygen atoms in total. The van der Waals surface area contributed by atoms with E-state index in [4.69, 9.17) is 16.7 Å². The third kappa shape index (κ3) is 5.20. The van der Waals surface area contributed by atoms with Crippen molar-refractivity contribution in [3.8, 4) is 0 Å². The summed E-state index contributed by atoms with van der Waals surface area (Å²) in [5, 5.41) is 17.1. The monoisotopic (exact) mass is 447 g/mol. The third-order valence-corrected chi connectivity index (χ3v) is 6.26. The molecule has 2 aliphatic rings. The Morgan fingerprint density at radius 2 is 2.00 bits per heavy atom. The number of carbonyl (C=O) groups is 2. The molecular formula is C20H29N7O3S. The van der Waals surface area contributed by atoms with Crippen molar-refractivity contribution < 1.29 is 14.1 Å². The maximum atomic E-state index is 12.3. The molecule has 0 bridgehead atoms. The Morgan fingerprint density at radius 1 is 1.26 bits per heavy atom. The highest BCUT2D eigenvalue weighted by atomic mass is 32.1. The first kappa shape index (κ1) is 21.7. The van der Waals surface area contributed by atoms with Gasteiger partial charge in [-0.3, -0.25) is 19.3 Å². The molecule has 4 rings (SSSR count). The normalized spacial score (nSPS) is 18.4. The fraction of sp³-hybridized carbons (Fsp3) is 0.700. The second kappa shape index (κ2) is 9.29. The minimum absolute atomic E-state index is 0.100. The lowest BCUT2D eigenvalue weighted by molar-refractivity contribution is -0.122. The first-order chi connectivity index (χ1) is 15.0. The van der Waals surface area contributed by atoms with Gasteiger partial charge >= 0.3 is 0 Å². The second-order valence-corrected chi connectivity index (χ2v) is 8.90. The van der Waals surface area contributed by atoms with Gasteiger partial charge in [-0.2, -0.15) is 10.1 Å². The number of rotatable bonds is 8. The zero-order chi connectivity index (χ0) is 21.8. The quantitative estimate of drug-likeness (QED) is 0.419. The van der Waals surface area contributed by atoms with Gasteiger partial charge in [-0.05, 0) is 37.9 Å². The van der Waals surface area contributed by atoms with Crippen LogP contribution in [0.4, 0.5) is 0 Å². The van der Waals surface area contributed by atoms with E-state index in [2.05, 4.69) is 31.0 Å². The number of nitrogens with zero attached hydrogens (tertiary/aromatic N) is 4. The maximum absolute atomic E-state index is 12.3. The molecule has 0 saturated heterocycles. The first-order valence-electron chi connectivity index (χ1n) is 11.0. The summed E-state index contributed by atoms with van der Waals surface area (Å²) < 4.78 is 7.99. The summed E-state index contributed by atoms with van der Waals surface area (Å²) in [5.41, 5.74) is -0.579. The van der Waals surface area contributed by atoms with Gasteiger partial charge in [0.1, 0.15) is 5.54 Å². The Balaban J connectivity index is 1.33. The van der Waals surface area contributed by atoms with E-state index >= 15 is 0 Å². The van der Waals surface area contributed by atoms with Crippen LogP contribution >= 0.6 is 12.2 Å². The molecule has 2 heterocycles. The molecular weight excluding hydrogens is 418 g/mol. The molecule has 0 spiro atoms. The average Bonchev–Trinajstić information content (AvgIpc) is 3.40. The highest BCUT2D eigenvalue weighted by molar-refractivity contribution is 7.71. The summed E-state index contributed by atoms with van der Waals surface area (Å²) in [6.45, 7) is 1.84. The van der Waals surface area contributed by atoms with Crippen LogP contribution in [0.5, 0.6) is 0 Å². The number of hydrogen-bond acceptors (Lipinski definition) is 7. The van der Waals surface area contributed by atoms with Crippen molar-refractivity contribution >= 4 is 24.0 Å². The van der Waals surface area contributed by atoms with Crippen molar-refractivity contribution in [1.82, 2.24) is 35.5 Å². The molecule has 2 amide bonds. The molecule has 3 N–H and O–H groups in total. The molecule has 0 atom stereocenters. The summed E-state index contributed by atoms with van der Waals surface area (Å²) >= 11 is 5.26. The number of aromatic nitrogens is 5. The van der Waals surface area contributed by atoms with Crippen LogP contribution in [0, 0.1) is 4.77 Å². The van der Waals surface area contributed by atoms with E-state index in [1.54, 1.807) is 0 Å². The van der Waals surface area contributed by atoms with E-state index < -0.39 is 5.54 Å². The largest absolute Gasteiger partial charge is 0.349 e. The Bertz CT molecular complexity index is 983. The summed E-state index contributed by atoms with van der Waals surface area (Å²) in [4.78, 5) is 28.7. The average molecular weight is 448 g/mol. The van der Waals surface area contributed by atoms with Crippen molar-refractivity contribution in [3.05, 3.63) is 22.3 Å². The lowest BCUT2D eigenvalue weighted by Gasteiger charge is -2.30. The molecule has 0 aliphatic heterocycles. The van der Waals surface area contributed by atoms with Crippen LogP contribution in [0.3, 0.4) is 0 Å². The van der Waals surface area contributed by atoms with Crippen LogP contribution in [0.2, 0.25) is 0 Å². The van der Waals surface area contributed by atoms with Gasteiger partial charge in [-0.15, -0.1) is 0 Å². The van der Waals surface area contributed by atoms with Crippen LogP contribution in [0.15, 0.2) is 4.52 Å². The zero-order valence-corrected chi connectivity index (χ0v) is 18.6. The Labute approximate surface area is 185 Å². The van der Waals surface area contributed by atoms with E-state index in [0.29, 0.717) is 35.5 Å². The lowest BCUT2D eigenvalue weighted by Crippen LogP contribution is -2.45. The van der Waals surface area contributed by atoms with Crippen molar-refractivity contribution in [2.24, 2.45) is 0 Å². The highest BCUT2D eigenvalue weighted by Crippen LogP contribution is 2.36. The number of hydrogen-bond donors (Lipinski definition) is 3. The minimum atomic E-state index is -0.579. The van der Waals surface area contributed by atoms with E-state index in [0.717, 1.165) is 57.2 Å². The molecule has 11 heteroatoms. The van der Waals surface area contributed by atoms with Gasteiger partial charge in [0.05, 0.1) is 6.54 Å². The Hall–Kier alpha value is -2.56. The topological polar surface area (TPSA) is 131 Å². The highest BCUT2D eigenvalue weighted by Gasteiger charge is 2.38. The molecule has 0 radical (unpaired) electrons. The molecule has 2 aromatic rings. The lowest BCUT2D eigenvalue weighted by atomic mass is 9.89. The molecule has 0 aromatic carbocycles. The van der Waals surface area contributed by atoms with Gasteiger partial charge in [0.2, 0.25) is 17.7 Å². The number of aromatic amines is 1. The van der Waals surface area contributed by atoms with Crippen LogP contribution < -0.4 is 10.6 Å². The molecule has 2 aromatic heterocycles. The zero-order valence-electron chi connectivity index (χ0n) is 17.8. The van der Waals surface area contributed by atoms with Crippen molar-refractivity contribution in [2.45, 2.75) is 89.3 Å². The van der Waals surface area contributed by atoms with Gasteiger partial charge in [0.15, 0.2) is 16.4 Å². The van der Waals surface area contributed by atoms with Crippen LogP contribution in [0.1, 0.15) is 88.3 Å². The maximum Gasteiger partial charge on any atom is 0.227 e. The molecule has 31 heavy (non-hydrogen) atoms. The summed E-state index contributed by atoms with van der Waals surface area (Å²) in [6.07, 6.45) is 8.62. The van der Waals surface area contributed by atoms with E-state index in [1.807, 2.05) is 4.57 Å². The fourth-order valence-electron chi connectivity index (χ4n) is 4.28. The Kier molecular flexibility index (Phi) is 6.49. The molecule has 2 aliphatic carbocycles. The molecule has 168 valence electrons. The van der Waals surface area contributed by atoms with Gasteiger partial charge < -0.3 is 15.2 Å². The fourth-order valence-corrected chi connectivity index (χ4v) is 4.58. The van der Waals surface area contributed by atoms with E-state index in [-0.39, 0.29) is 18.2 Å². The smallest absolute Gasteiger partial charge is 0.227 e. The SMILES string of the molecule is CC(=O)NC1(c2noc(CCC(=O)NCc3n[nH]c(=S)n3C3CC3)n2)CCCCCC1. The van der Waals surface area contributed by atoms with Crippen molar-refractivity contribution in [3.63, 3.8) is 0 Å². The molecule has 2 fully saturated rings. The summed E-state index contributed by atoms with van der Waals surface area (Å²) in [7, 11) is 0. The first-order valence-corrected chi connectivity index (χ1v) is 11.4. The van der Waals surface area contributed by atoms with Crippen LogP contribution in [-0.2, 0) is 28.1 Å². The number of carbonyl (C=O) groups excluding carboxylic acids is 2. The predicted molar refractivity (Wildman–Crippen MR) is 113 cm³/mol. The number of amides is 2. The molecule has 0 unspecified atom stereocenters. The van der Waals surface area contributed by atoms with Crippen molar-refractivity contribution in [2.75, 3.05) is 0 Å². The van der Waals surface area contributed by atoms with Gasteiger partial charge in [0, 0.05) is 25.8 Å². The predicted octanol–water partition coefficient (Wildman–Crippen LogP) is 2.59.